The average molecular weight is 342 g/mol. The number of nitrogens with zero attached hydrogens (tertiary/aromatic N) is 1. The quantitative estimate of drug-likeness (QED) is 0.892. The number of benzene rings is 1. The Morgan fingerprint density at radius 3 is 2.48 bits per heavy atom. The van der Waals surface area contributed by atoms with Crippen molar-refractivity contribution in [2.75, 3.05) is 6.54 Å². The van der Waals surface area contributed by atoms with Crippen molar-refractivity contribution >= 4 is 11.8 Å². The lowest BCUT2D eigenvalue weighted by molar-refractivity contribution is -0.138. The first-order valence-electron chi connectivity index (χ1n) is 9.79. The first-order valence-corrected chi connectivity index (χ1v) is 9.79. The second kappa shape index (κ2) is 8.50. The molecule has 1 heterocycles. The molecular formula is C21H30N2O2. The Bertz CT molecular complexity index is 590. The number of aryl methyl sites for hydroxylation is 2. The van der Waals surface area contributed by atoms with Crippen LogP contribution in [0.1, 0.15) is 62.5 Å². The fourth-order valence-electron chi connectivity index (χ4n) is 4.03. The Hall–Kier alpha value is -1.84. The number of nitrogens with one attached hydrogen (secondary N) is 1. The van der Waals surface area contributed by atoms with Crippen molar-refractivity contribution in [1.29, 1.82) is 0 Å². The topological polar surface area (TPSA) is 49.4 Å². The molecule has 1 saturated carbocycles. The molecule has 2 aliphatic rings. The van der Waals surface area contributed by atoms with E-state index in [9.17, 15) is 9.59 Å². The van der Waals surface area contributed by atoms with Crippen molar-refractivity contribution in [2.24, 2.45) is 0 Å². The maximum absolute atomic E-state index is 12.6. The lowest BCUT2D eigenvalue weighted by Crippen LogP contribution is -2.49. The van der Waals surface area contributed by atoms with Gasteiger partial charge in [0.2, 0.25) is 11.8 Å². The van der Waals surface area contributed by atoms with Crippen LogP contribution >= 0.6 is 0 Å². The number of carbonyl (C=O) groups excluding carboxylic acids is 2. The summed E-state index contributed by atoms with van der Waals surface area (Å²) in [6.07, 6.45) is 8.80. The molecule has 1 aromatic carbocycles. The number of carbonyl (C=O) groups is 2. The predicted molar refractivity (Wildman–Crippen MR) is 99.3 cm³/mol. The highest BCUT2D eigenvalue weighted by Crippen LogP contribution is 2.22. The third-order valence-corrected chi connectivity index (χ3v) is 5.58. The zero-order valence-electron chi connectivity index (χ0n) is 15.3. The van der Waals surface area contributed by atoms with Gasteiger partial charge >= 0.3 is 0 Å². The molecule has 0 unspecified atom stereocenters. The Morgan fingerprint density at radius 1 is 1.04 bits per heavy atom. The van der Waals surface area contributed by atoms with Crippen molar-refractivity contribution in [3.05, 3.63) is 35.4 Å². The van der Waals surface area contributed by atoms with Crippen LogP contribution in [0.15, 0.2) is 24.3 Å². The van der Waals surface area contributed by atoms with Crippen molar-refractivity contribution in [3.8, 4) is 0 Å². The van der Waals surface area contributed by atoms with E-state index in [4.69, 9.17) is 0 Å². The molecule has 1 N–H and O–H groups in total. The molecule has 0 bridgehead atoms. The van der Waals surface area contributed by atoms with Crippen LogP contribution in [0.5, 0.6) is 0 Å². The summed E-state index contributed by atoms with van der Waals surface area (Å²) in [6, 6.07) is 8.38. The molecule has 1 saturated heterocycles. The molecule has 1 atom stereocenters. The van der Waals surface area contributed by atoms with Crippen molar-refractivity contribution in [3.63, 3.8) is 0 Å². The van der Waals surface area contributed by atoms with Gasteiger partial charge in [0.05, 0.1) is 0 Å². The minimum absolute atomic E-state index is 0.0630. The summed E-state index contributed by atoms with van der Waals surface area (Å²) in [4.78, 5) is 27.1. The largest absolute Gasteiger partial charge is 0.352 e. The van der Waals surface area contributed by atoms with Crippen LogP contribution < -0.4 is 5.32 Å². The van der Waals surface area contributed by atoms with E-state index in [1.165, 1.54) is 30.4 Å². The molecule has 3 rings (SSSR count). The molecule has 0 radical (unpaired) electrons. The maximum atomic E-state index is 12.6. The number of amides is 2. The Morgan fingerprint density at radius 2 is 1.76 bits per heavy atom. The smallest absolute Gasteiger partial charge is 0.243 e. The first kappa shape index (κ1) is 18.0. The van der Waals surface area contributed by atoms with E-state index in [0.717, 1.165) is 38.6 Å². The number of likely N-dealkylation sites (tertiary alicyclic amines) is 1. The van der Waals surface area contributed by atoms with Crippen LogP contribution in [0.25, 0.3) is 0 Å². The minimum atomic E-state index is -0.257. The Kier molecular flexibility index (Phi) is 6.11. The molecule has 1 aliphatic heterocycles. The van der Waals surface area contributed by atoms with Crippen LogP contribution in [0, 0.1) is 6.92 Å². The van der Waals surface area contributed by atoms with Crippen LogP contribution in [-0.4, -0.2) is 35.3 Å². The lowest BCUT2D eigenvalue weighted by atomic mass is 9.95. The summed E-state index contributed by atoms with van der Waals surface area (Å²) >= 11 is 0. The molecule has 25 heavy (non-hydrogen) atoms. The van der Waals surface area contributed by atoms with Gasteiger partial charge in [-0.05, 0) is 44.6 Å². The molecule has 0 spiro atoms. The zero-order chi connectivity index (χ0) is 17.6. The van der Waals surface area contributed by atoms with Gasteiger partial charge in [-0.2, -0.15) is 0 Å². The summed E-state index contributed by atoms with van der Waals surface area (Å²) in [5.74, 6) is 0.176. The van der Waals surface area contributed by atoms with Gasteiger partial charge in [-0.25, -0.2) is 0 Å². The maximum Gasteiger partial charge on any atom is 0.243 e. The van der Waals surface area contributed by atoms with Gasteiger partial charge < -0.3 is 10.2 Å². The van der Waals surface area contributed by atoms with E-state index in [1.807, 2.05) is 4.90 Å². The normalized spacial score (nSPS) is 21.3. The van der Waals surface area contributed by atoms with E-state index in [-0.39, 0.29) is 17.9 Å². The second-order valence-electron chi connectivity index (χ2n) is 7.57. The highest BCUT2D eigenvalue weighted by molar-refractivity contribution is 5.88. The van der Waals surface area contributed by atoms with E-state index in [0.29, 0.717) is 12.5 Å². The number of rotatable bonds is 5. The number of hydrogen-bond donors (Lipinski definition) is 1. The molecule has 2 fully saturated rings. The van der Waals surface area contributed by atoms with E-state index in [1.54, 1.807) is 0 Å². The average Bonchev–Trinajstić information content (AvgIpc) is 3.12. The summed E-state index contributed by atoms with van der Waals surface area (Å²) in [7, 11) is 0. The first-order chi connectivity index (χ1) is 12.1. The van der Waals surface area contributed by atoms with E-state index in [2.05, 4.69) is 36.5 Å². The zero-order valence-corrected chi connectivity index (χ0v) is 15.3. The fraction of sp³-hybridized carbons (Fsp3) is 0.619. The second-order valence-corrected chi connectivity index (χ2v) is 7.57. The van der Waals surface area contributed by atoms with E-state index < -0.39 is 0 Å². The Balaban J connectivity index is 1.51. The van der Waals surface area contributed by atoms with Gasteiger partial charge in [0.1, 0.15) is 6.04 Å². The number of hydrogen-bond acceptors (Lipinski definition) is 2. The van der Waals surface area contributed by atoms with Gasteiger partial charge in [0.25, 0.3) is 0 Å². The van der Waals surface area contributed by atoms with Crippen LogP contribution in [0.3, 0.4) is 0 Å². The summed E-state index contributed by atoms with van der Waals surface area (Å²) in [5.41, 5.74) is 2.41. The molecule has 1 aromatic rings. The summed E-state index contributed by atoms with van der Waals surface area (Å²) < 4.78 is 0. The highest BCUT2D eigenvalue weighted by atomic mass is 16.2. The highest BCUT2D eigenvalue weighted by Gasteiger charge is 2.34. The van der Waals surface area contributed by atoms with Crippen LogP contribution in [0.4, 0.5) is 0 Å². The molecular weight excluding hydrogens is 312 g/mol. The monoisotopic (exact) mass is 342 g/mol. The molecule has 136 valence electrons. The van der Waals surface area contributed by atoms with Crippen molar-refractivity contribution in [2.45, 2.75) is 76.8 Å². The third-order valence-electron chi connectivity index (χ3n) is 5.58. The molecule has 1 aliphatic carbocycles. The summed E-state index contributed by atoms with van der Waals surface area (Å²) in [6.45, 7) is 2.78. The predicted octanol–water partition coefficient (Wildman–Crippen LogP) is 3.37. The van der Waals surface area contributed by atoms with Crippen LogP contribution in [-0.2, 0) is 16.0 Å². The molecule has 0 aromatic heterocycles. The third kappa shape index (κ3) is 4.83. The van der Waals surface area contributed by atoms with Crippen molar-refractivity contribution < 1.29 is 9.59 Å². The minimum Gasteiger partial charge on any atom is -0.352 e. The Labute approximate surface area is 151 Å². The molecule has 4 nitrogen and oxygen atoms in total. The van der Waals surface area contributed by atoms with Gasteiger partial charge in [-0.1, -0.05) is 49.1 Å². The van der Waals surface area contributed by atoms with Gasteiger partial charge in [0.15, 0.2) is 0 Å². The van der Waals surface area contributed by atoms with Gasteiger partial charge in [-0.3, -0.25) is 9.59 Å². The van der Waals surface area contributed by atoms with E-state index >= 15 is 0 Å². The van der Waals surface area contributed by atoms with Gasteiger partial charge in [-0.15, -0.1) is 0 Å². The lowest BCUT2D eigenvalue weighted by Gasteiger charge is -2.28. The SMILES string of the molecule is Cc1ccc(CCC(=O)N2CCC[C@H]2C(=O)NC2CCCCC2)cc1. The van der Waals surface area contributed by atoms with Crippen LogP contribution in [0.2, 0.25) is 0 Å². The standard InChI is InChI=1S/C21H30N2O2/c1-16-9-11-17(12-10-16)13-14-20(24)23-15-5-8-19(23)21(25)22-18-6-3-2-4-7-18/h9-12,18-19H,2-8,13-15H2,1H3,(H,22,25)/t19-/m0/s1. The fourth-order valence-corrected chi connectivity index (χ4v) is 4.03. The van der Waals surface area contributed by atoms with Gasteiger partial charge in [0, 0.05) is 19.0 Å². The molecule has 4 heteroatoms. The van der Waals surface area contributed by atoms with Crippen molar-refractivity contribution in [1.82, 2.24) is 10.2 Å². The summed E-state index contributed by atoms with van der Waals surface area (Å²) in [5, 5.41) is 3.19. The molecule has 2 amide bonds.